The molecule has 25 heavy (non-hydrogen) atoms. The van der Waals surface area contributed by atoms with E-state index in [1.165, 1.54) is 0 Å². The highest BCUT2D eigenvalue weighted by atomic mass is 16.5. The summed E-state index contributed by atoms with van der Waals surface area (Å²) >= 11 is 0. The molecule has 3 aliphatic rings. The number of fused-ring (bicyclic) bond motifs is 1. The lowest BCUT2D eigenvalue weighted by atomic mass is 9.85. The van der Waals surface area contributed by atoms with E-state index in [1.807, 2.05) is 6.07 Å². The van der Waals surface area contributed by atoms with Gasteiger partial charge in [0.15, 0.2) is 5.65 Å². The summed E-state index contributed by atoms with van der Waals surface area (Å²) < 4.78 is 7.11. The molecule has 3 amide bonds. The molecular weight excluding hydrogens is 324 g/mol. The lowest BCUT2D eigenvalue weighted by molar-refractivity contribution is -0.122. The summed E-state index contributed by atoms with van der Waals surface area (Å²) in [5, 5.41) is 9.49. The van der Waals surface area contributed by atoms with Gasteiger partial charge >= 0.3 is 6.03 Å². The van der Waals surface area contributed by atoms with Crippen molar-refractivity contribution < 1.29 is 14.3 Å². The number of hydrogen-bond acceptors (Lipinski definition) is 6. The number of imidazole rings is 1. The maximum Gasteiger partial charge on any atom is 0.321 e. The zero-order valence-electron chi connectivity index (χ0n) is 13.6. The minimum absolute atomic E-state index is 0.245. The number of aromatic nitrogens is 3. The number of nitrogens with one attached hydrogen (secondary N) is 2. The van der Waals surface area contributed by atoms with Crippen molar-refractivity contribution in [3.8, 4) is 0 Å². The van der Waals surface area contributed by atoms with E-state index in [4.69, 9.17) is 4.74 Å². The summed E-state index contributed by atoms with van der Waals surface area (Å²) in [6.45, 7) is 3.72. The van der Waals surface area contributed by atoms with E-state index in [0.29, 0.717) is 5.69 Å². The average Bonchev–Trinajstić information content (AvgIpc) is 3.20. The quantitative estimate of drug-likeness (QED) is 0.789. The van der Waals surface area contributed by atoms with Gasteiger partial charge in [0, 0.05) is 37.4 Å². The van der Waals surface area contributed by atoms with Crippen LogP contribution < -0.4 is 15.5 Å². The van der Waals surface area contributed by atoms with Gasteiger partial charge in [0.25, 0.3) is 0 Å². The fourth-order valence-electron chi connectivity index (χ4n) is 3.86. The monoisotopic (exact) mass is 342 g/mol. The summed E-state index contributed by atoms with van der Waals surface area (Å²) in [4.78, 5) is 30.2. The molecule has 0 radical (unpaired) electrons. The Kier molecular flexibility index (Phi) is 3.02. The van der Waals surface area contributed by atoms with Crippen LogP contribution in [0.4, 0.5) is 10.5 Å². The zero-order valence-corrected chi connectivity index (χ0v) is 13.6. The smallest absolute Gasteiger partial charge is 0.321 e. The number of urea groups is 1. The predicted octanol–water partition coefficient (Wildman–Crippen LogP) is -0.121. The first-order chi connectivity index (χ1) is 12.1. The van der Waals surface area contributed by atoms with Gasteiger partial charge < -0.3 is 15.0 Å². The molecule has 3 aliphatic heterocycles. The zero-order chi connectivity index (χ0) is 17.0. The Morgan fingerprint density at radius 1 is 1.32 bits per heavy atom. The number of amides is 3. The normalized spacial score (nSPS) is 25.1. The maximum absolute atomic E-state index is 12.2. The molecule has 2 aromatic heterocycles. The van der Waals surface area contributed by atoms with Crippen molar-refractivity contribution in [2.45, 2.75) is 12.3 Å². The molecule has 2 aromatic rings. The molecule has 1 spiro atoms. The van der Waals surface area contributed by atoms with Gasteiger partial charge in [-0.2, -0.15) is 5.10 Å². The van der Waals surface area contributed by atoms with Gasteiger partial charge in [0.05, 0.1) is 30.5 Å². The van der Waals surface area contributed by atoms with Crippen LogP contribution in [-0.4, -0.2) is 59.4 Å². The van der Waals surface area contributed by atoms with Crippen molar-refractivity contribution in [3.05, 3.63) is 24.2 Å². The van der Waals surface area contributed by atoms with E-state index in [-0.39, 0.29) is 17.9 Å². The largest absolute Gasteiger partial charge is 0.380 e. The van der Waals surface area contributed by atoms with Gasteiger partial charge in [-0.3, -0.25) is 10.1 Å². The molecule has 1 unspecified atom stereocenters. The van der Waals surface area contributed by atoms with E-state index in [0.717, 1.165) is 44.1 Å². The maximum atomic E-state index is 12.2. The first-order valence-corrected chi connectivity index (χ1v) is 8.39. The van der Waals surface area contributed by atoms with Crippen LogP contribution in [0, 0.1) is 5.41 Å². The molecule has 2 N–H and O–H groups in total. The van der Waals surface area contributed by atoms with E-state index in [9.17, 15) is 9.59 Å². The second kappa shape index (κ2) is 5.16. The Balaban J connectivity index is 1.53. The highest BCUT2D eigenvalue weighted by molar-refractivity contribution is 6.00. The van der Waals surface area contributed by atoms with Crippen molar-refractivity contribution in [2.75, 3.05) is 37.7 Å². The molecule has 0 saturated carbocycles. The van der Waals surface area contributed by atoms with Crippen molar-refractivity contribution in [1.82, 2.24) is 25.2 Å². The molecule has 5 heterocycles. The van der Waals surface area contributed by atoms with Crippen molar-refractivity contribution in [1.29, 1.82) is 0 Å². The SMILES string of the molecule is O=C1NCC(c2cc(N3CCC4(COC4)C3)c3nccn3n2)C(=O)N1. The topological polar surface area (TPSA) is 101 Å². The van der Waals surface area contributed by atoms with Crippen molar-refractivity contribution in [2.24, 2.45) is 5.41 Å². The fourth-order valence-corrected chi connectivity index (χ4v) is 3.86. The van der Waals surface area contributed by atoms with Gasteiger partial charge in [-0.1, -0.05) is 0 Å². The fraction of sp³-hybridized carbons (Fsp3) is 0.500. The number of ether oxygens (including phenoxy) is 1. The Labute approximate surface area is 143 Å². The van der Waals surface area contributed by atoms with Crippen LogP contribution in [0.1, 0.15) is 18.0 Å². The summed E-state index contributed by atoms with van der Waals surface area (Å²) in [7, 11) is 0. The summed E-state index contributed by atoms with van der Waals surface area (Å²) in [6, 6.07) is 1.47. The lowest BCUT2D eigenvalue weighted by Crippen LogP contribution is -2.51. The van der Waals surface area contributed by atoms with Crippen molar-refractivity contribution >= 4 is 23.3 Å². The Morgan fingerprint density at radius 2 is 2.20 bits per heavy atom. The van der Waals surface area contributed by atoms with Crippen LogP contribution in [0.3, 0.4) is 0 Å². The van der Waals surface area contributed by atoms with E-state index in [1.54, 1.807) is 16.9 Å². The van der Waals surface area contributed by atoms with Crippen LogP contribution >= 0.6 is 0 Å². The third-order valence-electron chi connectivity index (χ3n) is 5.33. The van der Waals surface area contributed by atoms with Crippen LogP contribution in [0.15, 0.2) is 18.5 Å². The highest BCUT2D eigenvalue weighted by Crippen LogP contribution is 2.40. The number of carbonyl (C=O) groups is 2. The number of anilines is 1. The van der Waals surface area contributed by atoms with Crippen LogP contribution in [-0.2, 0) is 9.53 Å². The third-order valence-corrected chi connectivity index (χ3v) is 5.33. The molecular formula is C16H18N6O3. The molecule has 5 rings (SSSR count). The standard InChI is InChI=1S/C16H18N6O3/c23-14-10(6-18-15(24)19-14)11-5-12(13-17-2-4-22(13)20-11)21-3-1-16(7-21)8-25-9-16/h2,4-5,10H,1,3,6-9H2,(H2,18,19,23,24). The van der Waals surface area contributed by atoms with E-state index in [2.05, 4.69) is 25.6 Å². The number of carbonyl (C=O) groups excluding carboxylic acids is 2. The number of imide groups is 1. The molecule has 130 valence electrons. The minimum atomic E-state index is -0.508. The Hall–Kier alpha value is -2.68. The number of hydrogen-bond donors (Lipinski definition) is 2. The van der Waals surface area contributed by atoms with Gasteiger partial charge in [-0.25, -0.2) is 14.3 Å². The third kappa shape index (κ3) is 2.26. The number of nitrogens with zero attached hydrogens (tertiary/aromatic N) is 4. The minimum Gasteiger partial charge on any atom is -0.380 e. The first-order valence-electron chi connectivity index (χ1n) is 8.39. The van der Waals surface area contributed by atoms with Gasteiger partial charge in [-0.15, -0.1) is 0 Å². The summed E-state index contributed by atoms with van der Waals surface area (Å²) in [5.41, 5.74) is 2.64. The molecule has 0 aromatic carbocycles. The lowest BCUT2D eigenvalue weighted by Gasteiger charge is -2.37. The first kappa shape index (κ1) is 14.6. The summed E-state index contributed by atoms with van der Waals surface area (Å²) in [6.07, 6.45) is 4.58. The predicted molar refractivity (Wildman–Crippen MR) is 87.4 cm³/mol. The van der Waals surface area contributed by atoms with Gasteiger partial charge in [0.1, 0.15) is 0 Å². The van der Waals surface area contributed by atoms with Gasteiger partial charge in [-0.05, 0) is 12.5 Å². The molecule has 0 aliphatic carbocycles. The van der Waals surface area contributed by atoms with Crippen LogP contribution in [0.5, 0.6) is 0 Å². The van der Waals surface area contributed by atoms with Crippen molar-refractivity contribution in [3.63, 3.8) is 0 Å². The second-order valence-electron chi connectivity index (χ2n) is 7.07. The average molecular weight is 342 g/mol. The Morgan fingerprint density at radius 3 is 2.92 bits per heavy atom. The van der Waals surface area contributed by atoms with E-state index < -0.39 is 11.9 Å². The number of rotatable bonds is 2. The molecule has 0 bridgehead atoms. The molecule has 3 saturated heterocycles. The van der Waals surface area contributed by atoms with Crippen LogP contribution in [0.25, 0.3) is 5.65 Å². The summed E-state index contributed by atoms with van der Waals surface area (Å²) in [5.74, 6) is -0.834. The molecule has 3 fully saturated rings. The second-order valence-corrected chi connectivity index (χ2v) is 7.07. The Bertz CT molecular complexity index is 874. The highest BCUT2D eigenvalue weighted by Gasteiger charge is 2.45. The van der Waals surface area contributed by atoms with Crippen LogP contribution in [0.2, 0.25) is 0 Å². The molecule has 1 atom stereocenters. The van der Waals surface area contributed by atoms with Gasteiger partial charge in [0.2, 0.25) is 5.91 Å². The molecule has 9 nitrogen and oxygen atoms in total. The molecule has 9 heteroatoms. The van der Waals surface area contributed by atoms with E-state index >= 15 is 0 Å².